The lowest BCUT2D eigenvalue weighted by molar-refractivity contribution is -0.302. The van der Waals surface area contributed by atoms with Gasteiger partial charge in [-0.3, -0.25) is 4.79 Å². The fourth-order valence-electron chi connectivity index (χ4n) is 12.3. The van der Waals surface area contributed by atoms with Gasteiger partial charge >= 0.3 is 0 Å². The van der Waals surface area contributed by atoms with Crippen LogP contribution in [0.15, 0.2) is 48.6 Å². The molecule has 7 unspecified atom stereocenters. The number of aliphatic hydroxyl groups is 5. The molecule has 0 aromatic heterocycles. The second-order valence-electron chi connectivity index (χ2n) is 26.4. The van der Waals surface area contributed by atoms with Gasteiger partial charge in [0.2, 0.25) is 5.91 Å². The second-order valence-corrected chi connectivity index (χ2v) is 26.4. The minimum atomic E-state index is -1.55. The summed E-state index contributed by atoms with van der Waals surface area (Å²) >= 11 is 0. The summed E-state index contributed by atoms with van der Waals surface area (Å²) in [5.41, 5.74) is 0. The van der Waals surface area contributed by atoms with Gasteiger partial charge in [0.25, 0.3) is 0 Å². The summed E-state index contributed by atoms with van der Waals surface area (Å²) in [5.74, 6) is -0.135. The van der Waals surface area contributed by atoms with Gasteiger partial charge in [-0.15, -0.1) is 0 Å². The van der Waals surface area contributed by atoms with Gasteiger partial charge in [-0.2, -0.15) is 0 Å². The molecule has 9 nitrogen and oxygen atoms in total. The molecule has 1 aliphatic rings. The van der Waals surface area contributed by atoms with Crippen LogP contribution in [0.25, 0.3) is 0 Å². The Labute approximate surface area is 533 Å². The number of carbonyl (C=O) groups is 1. The van der Waals surface area contributed by atoms with E-state index in [0.717, 1.165) is 64.2 Å². The molecule has 0 aliphatic carbocycles. The molecule has 9 heteroatoms. The molecule has 86 heavy (non-hydrogen) atoms. The van der Waals surface area contributed by atoms with Gasteiger partial charge in [-0.25, -0.2) is 0 Å². The molecule has 1 heterocycles. The molecule has 6 N–H and O–H groups in total. The molecule has 7 atom stereocenters. The average molecular weight is 1210 g/mol. The Balaban J connectivity index is 2.02. The lowest BCUT2D eigenvalue weighted by atomic mass is 9.99. The Morgan fingerprint density at radius 2 is 0.721 bits per heavy atom. The van der Waals surface area contributed by atoms with E-state index >= 15 is 0 Å². The van der Waals surface area contributed by atoms with Crippen LogP contribution in [0.5, 0.6) is 0 Å². The molecule has 0 aromatic rings. The quantitative estimate of drug-likeness (QED) is 0.0261. The summed E-state index contributed by atoms with van der Waals surface area (Å²) in [6, 6.07) is -0.718. The number of rotatable bonds is 67. The first-order chi connectivity index (χ1) is 42.3. The summed E-state index contributed by atoms with van der Waals surface area (Å²) in [5, 5.41) is 55.0. The van der Waals surface area contributed by atoms with Crippen molar-refractivity contribution in [3.63, 3.8) is 0 Å². The number of carbonyl (C=O) groups excluding carboxylic acids is 1. The molecule has 506 valence electrons. The van der Waals surface area contributed by atoms with Crippen molar-refractivity contribution in [3.05, 3.63) is 48.6 Å². The molecule has 0 radical (unpaired) electrons. The van der Waals surface area contributed by atoms with Crippen LogP contribution in [0.3, 0.4) is 0 Å². The van der Waals surface area contributed by atoms with E-state index in [1.54, 1.807) is 0 Å². The molecule has 1 saturated heterocycles. The van der Waals surface area contributed by atoms with E-state index in [1.165, 1.54) is 289 Å². The zero-order valence-electron chi connectivity index (χ0n) is 56.8. The van der Waals surface area contributed by atoms with Crippen LogP contribution in [0.1, 0.15) is 380 Å². The van der Waals surface area contributed by atoms with E-state index in [4.69, 9.17) is 9.47 Å². The number of aliphatic hydroxyl groups excluding tert-OH is 5. The highest BCUT2D eigenvalue weighted by atomic mass is 16.7. The monoisotopic (exact) mass is 1210 g/mol. The first-order valence-corrected chi connectivity index (χ1v) is 37.8. The number of nitrogens with one attached hydrogen (secondary N) is 1. The van der Waals surface area contributed by atoms with Gasteiger partial charge in [-0.1, -0.05) is 371 Å². The van der Waals surface area contributed by atoms with Crippen LogP contribution < -0.4 is 5.32 Å². The lowest BCUT2D eigenvalue weighted by Crippen LogP contribution is -2.60. The second kappa shape index (κ2) is 66.1. The standard InChI is InChI=1S/C77H145NO8/c1-3-5-7-9-11-13-15-17-19-21-23-25-27-28-29-30-31-32-33-34-35-36-37-38-39-40-41-42-43-44-45-47-49-51-53-55-57-59-61-63-65-67-73(81)78-70(69-85-77-76(84)75(83)74(82)72(68-79)86-77)71(80)66-64-62-60-58-56-54-52-50-48-46-26-24-22-20-18-16-14-12-10-8-6-4-2/h5,7,11,13,17,19,23,25,70-72,74-77,79-80,82-84H,3-4,6,8-10,12,14-16,18,20-22,24,26-69H2,1-2H3,(H,78,81)/b7-5-,13-11-,19-17-,25-23-. The van der Waals surface area contributed by atoms with E-state index < -0.39 is 49.5 Å². The van der Waals surface area contributed by atoms with Crippen molar-refractivity contribution in [2.45, 2.75) is 423 Å². The van der Waals surface area contributed by atoms with Crippen LogP contribution in [0.4, 0.5) is 0 Å². The molecule has 0 bridgehead atoms. The van der Waals surface area contributed by atoms with E-state index in [9.17, 15) is 30.3 Å². The number of amides is 1. The fraction of sp³-hybridized carbons (Fsp3) is 0.883. The van der Waals surface area contributed by atoms with Crippen LogP contribution in [-0.4, -0.2) is 87.5 Å². The number of ether oxygens (including phenoxy) is 2. The van der Waals surface area contributed by atoms with Crippen LogP contribution in [-0.2, 0) is 14.3 Å². The number of hydrogen-bond donors (Lipinski definition) is 6. The molecule has 1 rings (SSSR count). The number of unbranched alkanes of at least 4 members (excludes halogenated alkanes) is 49. The summed E-state index contributed by atoms with van der Waals surface area (Å²) in [7, 11) is 0. The van der Waals surface area contributed by atoms with E-state index in [2.05, 4.69) is 67.8 Å². The zero-order chi connectivity index (χ0) is 62.1. The summed E-state index contributed by atoms with van der Waals surface area (Å²) in [6.45, 7) is 3.78. The smallest absolute Gasteiger partial charge is 0.220 e. The lowest BCUT2D eigenvalue weighted by Gasteiger charge is -2.40. The van der Waals surface area contributed by atoms with Gasteiger partial charge in [0.1, 0.15) is 24.4 Å². The third-order valence-electron chi connectivity index (χ3n) is 18.2. The van der Waals surface area contributed by atoms with Crippen LogP contribution >= 0.6 is 0 Å². The summed E-state index contributed by atoms with van der Waals surface area (Å²) in [4.78, 5) is 13.2. The Morgan fingerprint density at radius 3 is 1.07 bits per heavy atom. The van der Waals surface area contributed by atoms with Crippen molar-refractivity contribution in [2.24, 2.45) is 0 Å². The SMILES string of the molecule is CC/C=C\C/C=C\C/C=C\C/C=C\CCCCCCCCCCCCCCCCCCCCCCCCCCCCCCC(=O)NC(COC1OC(CO)C(O)C(O)C1O)C(O)CCCCCCCCCCCCCCCCCCCCCCCC. The molecule has 1 amide bonds. The number of allylic oxidation sites excluding steroid dienone is 8. The molecule has 1 aliphatic heterocycles. The van der Waals surface area contributed by atoms with Gasteiger partial charge in [0.05, 0.1) is 25.4 Å². The van der Waals surface area contributed by atoms with Crippen molar-refractivity contribution in [1.82, 2.24) is 5.32 Å². The minimum Gasteiger partial charge on any atom is -0.394 e. The Bertz CT molecular complexity index is 1500. The maximum Gasteiger partial charge on any atom is 0.220 e. The number of hydrogen-bond acceptors (Lipinski definition) is 8. The topological polar surface area (TPSA) is 149 Å². The summed E-state index contributed by atoms with van der Waals surface area (Å²) in [6.07, 6.45) is 83.5. The van der Waals surface area contributed by atoms with Crippen molar-refractivity contribution in [1.29, 1.82) is 0 Å². The van der Waals surface area contributed by atoms with Crippen molar-refractivity contribution in [2.75, 3.05) is 13.2 Å². The molecule has 0 aromatic carbocycles. The maximum atomic E-state index is 13.2. The average Bonchev–Trinajstić information content (AvgIpc) is 2.36. The highest BCUT2D eigenvalue weighted by molar-refractivity contribution is 5.76. The van der Waals surface area contributed by atoms with Crippen LogP contribution in [0, 0.1) is 0 Å². The first kappa shape index (κ1) is 82.2. The molecule has 0 spiro atoms. The zero-order valence-corrected chi connectivity index (χ0v) is 56.8. The Morgan fingerprint density at radius 1 is 0.407 bits per heavy atom. The summed E-state index contributed by atoms with van der Waals surface area (Å²) < 4.78 is 11.4. The maximum absolute atomic E-state index is 13.2. The predicted molar refractivity (Wildman–Crippen MR) is 369 cm³/mol. The Kier molecular flexibility index (Phi) is 63.1. The van der Waals surface area contributed by atoms with Gasteiger partial charge < -0.3 is 40.3 Å². The van der Waals surface area contributed by atoms with Crippen molar-refractivity contribution >= 4 is 5.91 Å². The highest BCUT2D eigenvalue weighted by Gasteiger charge is 2.44. The third kappa shape index (κ3) is 53.9. The minimum absolute atomic E-state index is 0.133. The fourth-order valence-corrected chi connectivity index (χ4v) is 12.3. The predicted octanol–water partition coefficient (Wildman–Crippen LogP) is 21.1. The third-order valence-corrected chi connectivity index (χ3v) is 18.2. The highest BCUT2D eigenvalue weighted by Crippen LogP contribution is 2.24. The van der Waals surface area contributed by atoms with Crippen LogP contribution in [0.2, 0.25) is 0 Å². The largest absolute Gasteiger partial charge is 0.394 e. The molecule has 1 fully saturated rings. The van der Waals surface area contributed by atoms with Gasteiger partial charge in [-0.05, 0) is 51.4 Å². The molecule has 0 saturated carbocycles. The van der Waals surface area contributed by atoms with E-state index in [1.807, 2.05) is 0 Å². The van der Waals surface area contributed by atoms with Crippen molar-refractivity contribution in [3.8, 4) is 0 Å². The first-order valence-electron chi connectivity index (χ1n) is 37.8. The van der Waals surface area contributed by atoms with Crippen molar-refractivity contribution < 1.29 is 39.8 Å². The Hall–Kier alpha value is -1.85. The molecular formula is C77H145NO8. The van der Waals surface area contributed by atoms with Gasteiger partial charge in [0.15, 0.2) is 6.29 Å². The molecular weight excluding hydrogens is 1070 g/mol. The van der Waals surface area contributed by atoms with E-state index in [-0.39, 0.29) is 12.5 Å². The van der Waals surface area contributed by atoms with E-state index in [0.29, 0.717) is 12.8 Å². The van der Waals surface area contributed by atoms with Gasteiger partial charge in [0, 0.05) is 6.42 Å². The normalized spacial score (nSPS) is 18.2.